The molecule has 114 valence electrons. The molecule has 1 aromatic rings. The fourth-order valence-electron chi connectivity index (χ4n) is 2.24. The Labute approximate surface area is 122 Å². The average Bonchev–Trinajstić information content (AvgIpc) is 2.46. The molecule has 0 atom stereocenters. The van der Waals surface area contributed by atoms with Crippen molar-refractivity contribution in [2.24, 2.45) is 0 Å². The van der Waals surface area contributed by atoms with Crippen LogP contribution in [-0.2, 0) is 16.1 Å². The van der Waals surface area contributed by atoms with Gasteiger partial charge in [0.25, 0.3) is 0 Å². The SMILES string of the molecule is Cc1cccc(CNC(=O)NC2(C(=O)O)CCOCC2)n1. The summed E-state index contributed by atoms with van der Waals surface area (Å²) in [6, 6.07) is 5.01. The van der Waals surface area contributed by atoms with Crippen molar-refractivity contribution in [3.05, 3.63) is 29.6 Å². The fraction of sp³-hybridized carbons (Fsp3) is 0.500. The van der Waals surface area contributed by atoms with E-state index >= 15 is 0 Å². The molecular formula is C14H19N3O4. The number of nitrogens with one attached hydrogen (secondary N) is 2. The zero-order chi connectivity index (χ0) is 15.3. The lowest BCUT2D eigenvalue weighted by atomic mass is 9.90. The quantitative estimate of drug-likeness (QED) is 0.763. The monoisotopic (exact) mass is 293 g/mol. The molecule has 0 unspecified atom stereocenters. The number of aromatic nitrogens is 1. The van der Waals surface area contributed by atoms with Gasteiger partial charge in [0.15, 0.2) is 0 Å². The van der Waals surface area contributed by atoms with Crippen molar-refractivity contribution < 1.29 is 19.4 Å². The first-order valence-corrected chi connectivity index (χ1v) is 6.81. The van der Waals surface area contributed by atoms with Crippen molar-refractivity contribution >= 4 is 12.0 Å². The number of hydrogen-bond acceptors (Lipinski definition) is 4. The summed E-state index contributed by atoms with van der Waals surface area (Å²) >= 11 is 0. The summed E-state index contributed by atoms with van der Waals surface area (Å²) in [7, 11) is 0. The molecule has 0 spiro atoms. The fourth-order valence-corrected chi connectivity index (χ4v) is 2.24. The second-order valence-corrected chi connectivity index (χ2v) is 5.08. The van der Waals surface area contributed by atoms with Gasteiger partial charge in [0.1, 0.15) is 5.54 Å². The van der Waals surface area contributed by atoms with Gasteiger partial charge in [0, 0.05) is 31.7 Å². The molecule has 1 aromatic heterocycles. The van der Waals surface area contributed by atoms with Crippen molar-refractivity contribution in [3.63, 3.8) is 0 Å². The first-order valence-electron chi connectivity index (χ1n) is 6.81. The van der Waals surface area contributed by atoms with E-state index in [-0.39, 0.29) is 19.4 Å². The number of carboxylic acids is 1. The normalized spacial score (nSPS) is 17.0. The van der Waals surface area contributed by atoms with Crippen molar-refractivity contribution in [1.82, 2.24) is 15.6 Å². The van der Waals surface area contributed by atoms with Gasteiger partial charge in [-0.3, -0.25) is 4.98 Å². The number of carbonyl (C=O) groups is 2. The van der Waals surface area contributed by atoms with Gasteiger partial charge in [0.2, 0.25) is 0 Å². The van der Waals surface area contributed by atoms with Crippen molar-refractivity contribution in [3.8, 4) is 0 Å². The molecule has 2 heterocycles. The maximum Gasteiger partial charge on any atom is 0.329 e. The van der Waals surface area contributed by atoms with Crippen LogP contribution in [0.5, 0.6) is 0 Å². The number of pyridine rings is 1. The minimum atomic E-state index is -1.25. The van der Waals surface area contributed by atoms with Crippen molar-refractivity contribution in [1.29, 1.82) is 0 Å². The molecule has 3 N–H and O–H groups in total. The highest BCUT2D eigenvalue weighted by Crippen LogP contribution is 2.20. The third kappa shape index (κ3) is 3.91. The van der Waals surface area contributed by atoms with E-state index in [4.69, 9.17) is 4.74 Å². The van der Waals surface area contributed by atoms with E-state index in [0.29, 0.717) is 13.2 Å². The molecule has 1 aliphatic rings. The molecule has 2 rings (SSSR count). The number of aliphatic carboxylic acids is 1. The smallest absolute Gasteiger partial charge is 0.329 e. The molecular weight excluding hydrogens is 274 g/mol. The second kappa shape index (κ2) is 6.53. The maximum atomic E-state index is 11.9. The van der Waals surface area contributed by atoms with E-state index in [0.717, 1.165) is 11.4 Å². The summed E-state index contributed by atoms with van der Waals surface area (Å²) in [6.07, 6.45) is 0.525. The number of urea groups is 1. The Morgan fingerprint density at radius 1 is 1.38 bits per heavy atom. The standard InChI is InChI=1S/C14H19N3O4/c1-10-3-2-4-11(16-10)9-15-13(20)17-14(12(18)19)5-7-21-8-6-14/h2-4H,5-9H2,1H3,(H,18,19)(H2,15,17,20). The number of aryl methyl sites for hydroxylation is 1. The largest absolute Gasteiger partial charge is 0.480 e. The molecule has 7 nitrogen and oxygen atoms in total. The lowest BCUT2D eigenvalue weighted by Gasteiger charge is -2.33. The van der Waals surface area contributed by atoms with Crippen LogP contribution in [0, 0.1) is 6.92 Å². The third-order valence-electron chi connectivity index (χ3n) is 3.48. The van der Waals surface area contributed by atoms with Crippen LogP contribution in [0.2, 0.25) is 0 Å². The van der Waals surface area contributed by atoms with Gasteiger partial charge >= 0.3 is 12.0 Å². The van der Waals surface area contributed by atoms with Crippen LogP contribution in [0.3, 0.4) is 0 Å². The zero-order valence-corrected chi connectivity index (χ0v) is 11.9. The van der Waals surface area contributed by atoms with Gasteiger partial charge in [-0.05, 0) is 19.1 Å². The number of amides is 2. The Morgan fingerprint density at radius 2 is 2.10 bits per heavy atom. The molecule has 2 amide bonds. The zero-order valence-electron chi connectivity index (χ0n) is 11.9. The van der Waals surface area contributed by atoms with E-state index in [1.165, 1.54) is 0 Å². The Bertz CT molecular complexity index is 527. The van der Waals surface area contributed by atoms with E-state index in [1.807, 2.05) is 19.1 Å². The van der Waals surface area contributed by atoms with E-state index in [2.05, 4.69) is 15.6 Å². The second-order valence-electron chi connectivity index (χ2n) is 5.08. The van der Waals surface area contributed by atoms with Crippen LogP contribution in [-0.4, -0.2) is 40.8 Å². The Balaban J connectivity index is 1.92. The van der Waals surface area contributed by atoms with Gasteiger partial charge in [0.05, 0.1) is 12.2 Å². The van der Waals surface area contributed by atoms with Crippen LogP contribution in [0.4, 0.5) is 4.79 Å². The summed E-state index contributed by atoms with van der Waals surface area (Å²) in [6.45, 7) is 2.77. The molecule has 0 aromatic carbocycles. The van der Waals surface area contributed by atoms with Gasteiger partial charge in [-0.15, -0.1) is 0 Å². The number of carbonyl (C=O) groups excluding carboxylic acids is 1. The van der Waals surface area contributed by atoms with Crippen molar-refractivity contribution in [2.75, 3.05) is 13.2 Å². The van der Waals surface area contributed by atoms with Gasteiger partial charge < -0.3 is 20.5 Å². The lowest BCUT2D eigenvalue weighted by Crippen LogP contribution is -2.59. The minimum Gasteiger partial charge on any atom is -0.480 e. The topological polar surface area (TPSA) is 101 Å². The van der Waals surface area contributed by atoms with Gasteiger partial charge in [-0.25, -0.2) is 9.59 Å². The molecule has 7 heteroatoms. The summed E-state index contributed by atoms with van der Waals surface area (Å²) in [5.41, 5.74) is 0.338. The van der Waals surface area contributed by atoms with E-state index in [1.54, 1.807) is 6.07 Å². The van der Waals surface area contributed by atoms with Crippen molar-refractivity contribution in [2.45, 2.75) is 31.8 Å². The highest BCUT2D eigenvalue weighted by molar-refractivity contribution is 5.86. The minimum absolute atomic E-state index is 0.250. The highest BCUT2D eigenvalue weighted by atomic mass is 16.5. The third-order valence-corrected chi connectivity index (χ3v) is 3.48. The first-order chi connectivity index (χ1) is 10.0. The predicted octanol–water partition coefficient (Wildman–Crippen LogP) is 0.823. The maximum absolute atomic E-state index is 11.9. The summed E-state index contributed by atoms with van der Waals surface area (Å²) in [5, 5.41) is 14.5. The highest BCUT2D eigenvalue weighted by Gasteiger charge is 2.41. The van der Waals surface area contributed by atoms with Crippen LogP contribution in [0.1, 0.15) is 24.2 Å². The molecule has 0 saturated carbocycles. The molecule has 1 aliphatic heterocycles. The number of hydrogen-bond donors (Lipinski definition) is 3. The number of nitrogens with zero attached hydrogens (tertiary/aromatic N) is 1. The molecule has 1 fully saturated rings. The molecule has 21 heavy (non-hydrogen) atoms. The van der Waals surface area contributed by atoms with E-state index in [9.17, 15) is 14.7 Å². The predicted molar refractivity (Wildman–Crippen MR) is 74.8 cm³/mol. The Morgan fingerprint density at radius 3 is 2.71 bits per heavy atom. The molecule has 1 saturated heterocycles. The van der Waals surface area contributed by atoms with Crippen LogP contribution in [0.15, 0.2) is 18.2 Å². The summed E-state index contributed by atoms with van der Waals surface area (Å²) in [4.78, 5) is 27.6. The Kier molecular flexibility index (Phi) is 4.74. The van der Waals surface area contributed by atoms with Crippen LogP contribution >= 0.6 is 0 Å². The lowest BCUT2D eigenvalue weighted by molar-refractivity contribution is -0.148. The molecule has 0 aliphatic carbocycles. The van der Waals surface area contributed by atoms with Crippen LogP contribution in [0.25, 0.3) is 0 Å². The van der Waals surface area contributed by atoms with E-state index < -0.39 is 17.5 Å². The first kappa shape index (κ1) is 15.2. The molecule has 0 bridgehead atoms. The number of carboxylic acid groups (broad SMARTS) is 1. The number of rotatable bonds is 4. The van der Waals surface area contributed by atoms with Crippen LogP contribution < -0.4 is 10.6 Å². The Hall–Kier alpha value is -2.15. The average molecular weight is 293 g/mol. The van der Waals surface area contributed by atoms with Gasteiger partial charge in [-0.1, -0.05) is 6.07 Å². The summed E-state index contributed by atoms with van der Waals surface area (Å²) < 4.78 is 5.15. The molecule has 0 radical (unpaired) electrons. The number of ether oxygens (including phenoxy) is 1. The van der Waals surface area contributed by atoms with Gasteiger partial charge in [-0.2, -0.15) is 0 Å². The summed E-state index contributed by atoms with van der Waals surface area (Å²) in [5.74, 6) is -1.03.